The van der Waals surface area contributed by atoms with Crippen LogP contribution in [-0.2, 0) is 13.0 Å². The molecule has 3 nitrogen and oxygen atoms in total. The first-order chi connectivity index (χ1) is 9.15. The number of hydrogen-bond acceptors (Lipinski definition) is 2. The Hall–Kier alpha value is -0.330. The number of imidazole rings is 1. The van der Waals surface area contributed by atoms with Crippen molar-refractivity contribution in [1.82, 2.24) is 14.5 Å². The first kappa shape index (κ1) is 15.1. The van der Waals surface area contributed by atoms with Crippen molar-refractivity contribution in [3.63, 3.8) is 0 Å². The van der Waals surface area contributed by atoms with Crippen molar-refractivity contribution in [2.24, 2.45) is 0 Å². The third-order valence-corrected chi connectivity index (χ3v) is 4.21. The quantitative estimate of drug-likeness (QED) is 0.556. The lowest BCUT2D eigenvalue weighted by atomic mass is 10.3. The van der Waals surface area contributed by atoms with Crippen LogP contribution in [0.4, 0.5) is 0 Å². The van der Waals surface area contributed by atoms with Gasteiger partial charge in [0.1, 0.15) is 5.82 Å². The molecule has 2 rings (SSSR count). The first-order valence-electron chi connectivity index (χ1n) is 6.55. The van der Waals surface area contributed by atoms with E-state index in [1.54, 1.807) is 0 Å². The SMILES string of the molecule is CCN(C)CCn1c(CCCl)nc2cc(I)ccc21. The summed E-state index contributed by atoms with van der Waals surface area (Å²) in [5.41, 5.74) is 2.29. The van der Waals surface area contributed by atoms with E-state index in [1.165, 1.54) is 9.09 Å². The summed E-state index contributed by atoms with van der Waals surface area (Å²) in [5, 5.41) is 0. The van der Waals surface area contributed by atoms with E-state index in [1.807, 2.05) is 0 Å². The van der Waals surface area contributed by atoms with Gasteiger partial charge in [0, 0.05) is 29.0 Å². The molecule has 0 aliphatic heterocycles. The van der Waals surface area contributed by atoms with Gasteiger partial charge < -0.3 is 9.47 Å². The van der Waals surface area contributed by atoms with E-state index in [0.717, 1.165) is 37.4 Å². The molecule has 2 aromatic rings. The Morgan fingerprint density at radius 1 is 1.42 bits per heavy atom. The van der Waals surface area contributed by atoms with E-state index < -0.39 is 0 Å². The van der Waals surface area contributed by atoms with E-state index in [4.69, 9.17) is 16.6 Å². The van der Waals surface area contributed by atoms with Crippen LogP contribution in [0.25, 0.3) is 11.0 Å². The van der Waals surface area contributed by atoms with Gasteiger partial charge in [-0.3, -0.25) is 0 Å². The molecule has 0 aliphatic rings. The van der Waals surface area contributed by atoms with Crippen LogP contribution in [0.15, 0.2) is 18.2 Å². The summed E-state index contributed by atoms with van der Waals surface area (Å²) < 4.78 is 3.53. The van der Waals surface area contributed by atoms with Crippen molar-refractivity contribution in [1.29, 1.82) is 0 Å². The molecule has 0 aliphatic carbocycles. The summed E-state index contributed by atoms with van der Waals surface area (Å²) in [6.07, 6.45) is 0.822. The molecule has 1 heterocycles. The molecule has 0 fully saturated rings. The smallest absolute Gasteiger partial charge is 0.111 e. The average Bonchev–Trinajstić information content (AvgIpc) is 2.73. The minimum Gasteiger partial charge on any atom is -0.327 e. The summed E-state index contributed by atoms with van der Waals surface area (Å²) in [6.45, 7) is 5.24. The molecule has 0 amide bonds. The molecule has 5 heteroatoms. The molecule has 0 bridgehead atoms. The molecule has 0 spiro atoms. The summed E-state index contributed by atoms with van der Waals surface area (Å²) in [6, 6.07) is 6.43. The zero-order valence-electron chi connectivity index (χ0n) is 11.4. The number of halogens is 2. The zero-order chi connectivity index (χ0) is 13.8. The number of nitrogens with zero attached hydrogens (tertiary/aromatic N) is 3. The highest BCUT2D eigenvalue weighted by atomic mass is 127. The predicted molar refractivity (Wildman–Crippen MR) is 90.0 cm³/mol. The van der Waals surface area contributed by atoms with Gasteiger partial charge in [-0.25, -0.2) is 4.98 Å². The van der Waals surface area contributed by atoms with Gasteiger partial charge in [-0.15, -0.1) is 11.6 Å². The lowest BCUT2D eigenvalue weighted by molar-refractivity contribution is 0.335. The Morgan fingerprint density at radius 2 is 2.21 bits per heavy atom. The standard InChI is InChI=1S/C14H19ClIN3/c1-3-18(2)8-9-19-13-5-4-11(16)10-12(13)17-14(19)6-7-15/h4-5,10H,3,6-9H2,1-2H3. The van der Waals surface area contributed by atoms with Crippen molar-refractivity contribution in [3.8, 4) is 0 Å². The predicted octanol–water partition coefficient (Wildman–Crippen LogP) is 3.37. The Morgan fingerprint density at radius 3 is 2.89 bits per heavy atom. The summed E-state index contributed by atoms with van der Waals surface area (Å²) in [4.78, 5) is 7.03. The molecule has 0 saturated heterocycles. The maximum atomic E-state index is 5.89. The van der Waals surface area contributed by atoms with Crippen molar-refractivity contribution in [2.75, 3.05) is 26.0 Å². The second-order valence-corrected chi connectivity index (χ2v) is 6.27. The van der Waals surface area contributed by atoms with Gasteiger partial charge >= 0.3 is 0 Å². The van der Waals surface area contributed by atoms with Crippen LogP contribution >= 0.6 is 34.2 Å². The Kier molecular flexibility index (Phi) is 5.47. The van der Waals surface area contributed by atoms with Crippen LogP contribution in [0.1, 0.15) is 12.7 Å². The molecule has 0 radical (unpaired) electrons. The van der Waals surface area contributed by atoms with Gasteiger partial charge in [0.05, 0.1) is 11.0 Å². The molecule has 0 atom stereocenters. The lowest BCUT2D eigenvalue weighted by Gasteiger charge is -2.15. The molecular formula is C14H19ClIN3. The second-order valence-electron chi connectivity index (χ2n) is 4.65. The van der Waals surface area contributed by atoms with Crippen molar-refractivity contribution in [2.45, 2.75) is 19.9 Å². The third-order valence-electron chi connectivity index (χ3n) is 3.35. The van der Waals surface area contributed by atoms with Crippen LogP contribution in [0.3, 0.4) is 0 Å². The van der Waals surface area contributed by atoms with Crippen LogP contribution in [0, 0.1) is 3.57 Å². The van der Waals surface area contributed by atoms with Crippen molar-refractivity contribution < 1.29 is 0 Å². The van der Waals surface area contributed by atoms with Crippen LogP contribution in [-0.4, -0.2) is 40.5 Å². The fourth-order valence-corrected chi connectivity index (χ4v) is 2.75. The zero-order valence-corrected chi connectivity index (χ0v) is 14.3. The molecule has 1 aromatic heterocycles. The molecule has 1 aromatic carbocycles. The maximum Gasteiger partial charge on any atom is 0.111 e. The number of benzene rings is 1. The number of hydrogen-bond donors (Lipinski definition) is 0. The summed E-state index contributed by atoms with van der Waals surface area (Å²) in [5.74, 6) is 1.71. The van der Waals surface area contributed by atoms with Crippen molar-refractivity contribution in [3.05, 3.63) is 27.6 Å². The third kappa shape index (κ3) is 3.61. The normalized spacial score (nSPS) is 11.6. The Bertz CT molecular complexity index is 553. The van der Waals surface area contributed by atoms with E-state index >= 15 is 0 Å². The molecule has 19 heavy (non-hydrogen) atoms. The van der Waals surface area contributed by atoms with Crippen LogP contribution < -0.4 is 0 Å². The topological polar surface area (TPSA) is 21.1 Å². The largest absolute Gasteiger partial charge is 0.327 e. The van der Waals surface area contributed by atoms with Crippen LogP contribution in [0.2, 0.25) is 0 Å². The molecular weight excluding hydrogens is 373 g/mol. The average molecular weight is 392 g/mol. The molecule has 0 unspecified atom stereocenters. The van der Waals surface area contributed by atoms with Gasteiger partial charge in [-0.2, -0.15) is 0 Å². The molecule has 0 saturated carbocycles. The van der Waals surface area contributed by atoms with Crippen LogP contribution in [0.5, 0.6) is 0 Å². The number of alkyl halides is 1. The minimum atomic E-state index is 0.615. The highest BCUT2D eigenvalue weighted by Crippen LogP contribution is 2.19. The number of likely N-dealkylation sites (N-methyl/N-ethyl adjacent to an activating group) is 1. The monoisotopic (exact) mass is 391 g/mol. The summed E-state index contributed by atoms with van der Waals surface area (Å²) >= 11 is 8.22. The van der Waals surface area contributed by atoms with Gasteiger partial charge in [0.2, 0.25) is 0 Å². The number of fused-ring (bicyclic) bond motifs is 1. The fraction of sp³-hybridized carbons (Fsp3) is 0.500. The first-order valence-corrected chi connectivity index (χ1v) is 8.16. The number of aryl methyl sites for hydroxylation is 1. The van der Waals surface area contributed by atoms with E-state index in [0.29, 0.717) is 5.88 Å². The minimum absolute atomic E-state index is 0.615. The van der Waals surface area contributed by atoms with Crippen molar-refractivity contribution >= 4 is 45.2 Å². The Balaban J connectivity index is 2.34. The van der Waals surface area contributed by atoms with Gasteiger partial charge in [-0.1, -0.05) is 6.92 Å². The molecule has 104 valence electrons. The van der Waals surface area contributed by atoms with Gasteiger partial charge in [0.25, 0.3) is 0 Å². The van der Waals surface area contributed by atoms with E-state index in [2.05, 4.69) is 64.2 Å². The van der Waals surface area contributed by atoms with Gasteiger partial charge in [0.15, 0.2) is 0 Å². The highest BCUT2D eigenvalue weighted by molar-refractivity contribution is 14.1. The fourth-order valence-electron chi connectivity index (χ4n) is 2.11. The molecule has 0 N–H and O–H groups in total. The summed E-state index contributed by atoms with van der Waals surface area (Å²) in [7, 11) is 2.14. The Labute approximate surface area is 133 Å². The maximum absolute atomic E-state index is 5.89. The lowest BCUT2D eigenvalue weighted by Crippen LogP contribution is -2.23. The van der Waals surface area contributed by atoms with Gasteiger partial charge in [-0.05, 0) is 54.4 Å². The van der Waals surface area contributed by atoms with E-state index in [-0.39, 0.29) is 0 Å². The second kappa shape index (κ2) is 6.90. The van der Waals surface area contributed by atoms with E-state index in [9.17, 15) is 0 Å². The number of rotatable bonds is 6. The number of aromatic nitrogens is 2. The highest BCUT2D eigenvalue weighted by Gasteiger charge is 2.11.